The molecule has 0 spiro atoms. The number of hydrogen-bond acceptors (Lipinski definition) is 2. The lowest BCUT2D eigenvalue weighted by molar-refractivity contribution is 0.597. The fraction of sp³-hybridized carbons (Fsp3) is 0.429. The Morgan fingerprint density at radius 2 is 2.08 bits per heavy atom. The first-order chi connectivity index (χ1) is 5.49. The monoisotopic (exact) mass is 249 g/mol. The highest BCUT2D eigenvalue weighted by Gasteiger charge is 2.29. The maximum absolute atomic E-state index is 11.2. The van der Waals surface area contributed by atoms with Crippen LogP contribution in [0.25, 0.3) is 0 Å². The summed E-state index contributed by atoms with van der Waals surface area (Å²) in [5.41, 5.74) is 2.77. The predicted molar refractivity (Wildman–Crippen MR) is 49.6 cm³/mol. The average Bonchev–Trinajstić information content (AvgIpc) is 2.33. The SMILES string of the molecule is Cc1[nH]c2c(c1Br)CS(=O)(=O)C2. The van der Waals surface area contributed by atoms with Gasteiger partial charge < -0.3 is 4.98 Å². The van der Waals surface area contributed by atoms with Gasteiger partial charge in [0.25, 0.3) is 0 Å². The topological polar surface area (TPSA) is 49.9 Å². The molecule has 0 aliphatic carbocycles. The summed E-state index contributed by atoms with van der Waals surface area (Å²) in [6, 6.07) is 0. The van der Waals surface area contributed by atoms with Crippen molar-refractivity contribution in [2.24, 2.45) is 0 Å². The maximum atomic E-state index is 11.2. The normalized spacial score (nSPS) is 19.5. The number of sulfone groups is 1. The van der Waals surface area contributed by atoms with Gasteiger partial charge in [0, 0.05) is 21.4 Å². The third kappa shape index (κ3) is 1.11. The molecule has 1 N–H and O–H groups in total. The Bertz CT molecular complexity index is 433. The summed E-state index contributed by atoms with van der Waals surface area (Å²) in [5.74, 6) is 0.335. The predicted octanol–water partition coefficient (Wildman–Crippen LogP) is 1.51. The third-order valence-corrected chi connectivity index (χ3v) is 4.56. The molecule has 5 heteroatoms. The van der Waals surface area contributed by atoms with Gasteiger partial charge in [-0.15, -0.1) is 0 Å². The van der Waals surface area contributed by atoms with Crippen LogP contribution in [0.5, 0.6) is 0 Å². The van der Waals surface area contributed by atoms with E-state index in [2.05, 4.69) is 20.9 Å². The Hall–Kier alpha value is -0.290. The molecule has 0 amide bonds. The molecular weight excluding hydrogens is 242 g/mol. The van der Waals surface area contributed by atoms with Crippen LogP contribution in [0, 0.1) is 6.92 Å². The number of aromatic nitrogens is 1. The highest BCUT2D eigenvalue weighted by Crippen LogP contribution is 2.33. The highest BCUT2D eigenvalue weighted by molar-refractivity contribution is 9.10. The van der Waals surface area contributed by atoms with Gasteiger partial charge in [0.15, 0.2) is 9.84 Å². The van der Waals surface area contributed by atoms with E-state index in [0.29, 0.717) is 0 Å². The summed E-state index contributed by atoms with van der Waals surface area (Å²) in [7, 11) is -2.86. The Morgan fingerprint density at radius 1 is 1.42 bits per heavy atom. The molecule has 0 fully saturated rings. The minimum atomic E-state index is -2.86. The van der Waals surface area contributed by atoms with Gasteiger partial charge >= 0.3 is 0 Å². The number of H-pyrrole nitrogens is 1. The molecule has 1 aromatic heterocycles. The second kappa shape index (κ2) is 2.35. The van der Waals surface area contributed by atoms with Crippen LogP contribution in [0.4, 0.5) is 0 Å². The zero-order valence-electron chi connectivity index (χ0n) is 6.52. The fourth-order valence-electron chi connectivity index (χ4n) is 1.48. The number of halogens is 1. The van der Waals surface area contributed by atoms with Crippen LogP contribution in [0.3, 0.4) is 0 Å². The van der Waals surface area contributed by atoms with Crippen LogP contribution >= 0.6 is 15.9 Å². The van der Waals surface area contributed by atoms with E-state index in [0.717, 1.165) is 21.4 Å². The third-order valence-electron chi connectivity index (χ3n) is 2.03. The summed E-state index contributed by atoms with van der Waals surface area (Å²) < 4.78 is 23.3. The minimum absolute atomic E-state index is 0.161. The molecule has 0 aromatic carbocycles. The van der Waals surface area contributed by atoms with E-state index in [1.165, 1.54) is 0 Å². The number of aromatic amines is 1. The van der Waals surface area contributed by atoms with Gasteiger partial charge in [-0.3, -0.25) is 0 Å². The van der Waals surface area contributed by atoms with Gasteiger partial charge in [-0.05, 0) is 22.9 Å². The molecule has 66 valence electrons. The first-order valence-electron chi connectivity index (χ1n) is 3.56. The zero-order valence-corrected chi connectivity index (χ0v) is 8.92. The fourth-order valence-corrected chi connectivity index (χ4v) is 3.69. The quantitative estimate of drug-likeness (QED) is 0.758. The first-order valence-corrected chi connectivity index (χ1v) is 6.17. The molecular formula is C7H8BrNO2S. The maximum Gasteiger partial charge on any atom is 0.160 e. The zero-order chi connectivity index (χ0) is 8.93. The van der Waals surface area contributed by atoms with Crippen molar-refractivity contribution < 1.29 is 8.42 Å². The molecule has 3 nitrogen and oxygen atoms in total. The van der Waals surface area contributed by atoms with Gasteiger partial charge in [0.05, 0.1) is 11.5 Å². The molecule has 0 saturated heterocycles. The minimum Gasteiger partial charge on any atom is -0.360 e. The van der Waals surface area contributed by atoms with Gasteiger partial charge in [-0.2, -0.15) is 0 Å². The molecule has 2 rings (SSSR count). The standard InChI is InChI=1S/C7H8BrNO2S/c1-4-7(8)5-2-12(10,11)3-6(5)9-4/h9H,2-3H2,1H3. The largest absolute Gasteiger partial charge is 0.360 e. The van der Waals surface area contributed by atoms with Crippen molar-refractivity contribution in [2.75, 3.05) is 0 Å². The average molecular weight is 250 g/mol. The van der Waals surface area contributed by atoms with Crippen molar-refractivity contribution in [3.8, 4) is 0 Å². The number of hydrogen-bond donors (Lipinski definition) is 1. The smallest absolute Gasteiger partial charge is 0.160 e. The van der Waals surface area contributed by atoms with E-state index in [1.54, 1.807) is 0 Å². The summed E-state index contributed by atoms with van der Waals surface area (Å²) in [4.78, 5) is 3.05. The van der Waals surface area contributed by atoms with Crippen LogP contribution in [0.1, 0.15) is 17.0 Å². The number of fused-ring (bicyclic) bond motifs is 1. The molecule has 0 bridgehead atoms. The molecule has 0 atom stereocenters. The molecule has 1 aromatic rings. The lowest BCUT2D eigenvalue weighted by Gasteiger charge is -1.92. The van der Waals surface area contributed by atoms with Gasteiger partial charge in [-0.25, -0.2) is 8.42 Å². The number of nitrogens with one attached hydrogen (secondary N) is 1. The Labute approximate surface area is 79.2 Å². The van der Waals surface area contributed by atoms with Crippen LogP contribution in [0.15, 0.2) is 4.47 Å². The van der Waals surface area contributed by atoms with E-state index in [-0.39, 0.29) is 11.5 Å². The molecule has 0 unspecified atom stereocenters. The van der Waals surface area contributed by atoms with Crippen LogP contribution < -0.4 is 0 Å². The summed E-state index contributed by atoms with van der Waals surface area (Å²) >= 11 is 3.36. The molecule has 12 heavy (non-hydrogen) atoms. The molecule has 1 aliphatic heterocycles. The van der Waals surface area contributed by atoms with Gasteiger partial charge in [0.1, 0.15) is 0 Å². The lowest BCUT2D eigenvalue weighted by Crippen LogP contribution is -1.97. The van der Waals surface area contributed by atoms with Crippen LogP contribution in [-0.4, -0.2) is 13.4 Å². The van der Waals surface area contributed by atoms with E-state index in [4.69, 9.17) is 0 Å². The van der Waals surface area contributed by atoms with Crippen molar-refractivity contribution in [1.82, 2.24) is 4.98 Å². The summed E-state index contributed by atoms with van der Waals surface area (Å²) in [6.07, 6.45) is 0. The Kier molecular flexibility index (Phi) is 1.63. The van der Waals surface area contributed by atoms with Crippen LogP contribution in [0.2, 0.25) is 0 Å². The van der Waals surface area contributed by atoms with E-state index < -0.39 is 9.84 Å². The molecule has 1 aliphatic rings. The van der Waals surface area contributed by atoms with Crippen molar-refractivity contribution in [1.29, 1.82) is 0 Å². The molecule has 0 radical (unpaired) electrons. The van der Waals surface area contributed by atoms with Crippen LogP contribution in [-0.2, 0) is 21.3 Å². The Balaban J connectivity index is 2.60. The number of aryl methyl sites for hydroxylation is 1. The lowest BCUT2D eigenvalue weighted by atomic mass is 10.3. The van der Waals surface area contributed by atoms with Gasteiger partial charge in [-0.1, -0.05) is 0 Å². The molecule has 2 heterocycles. The van der Waals surface area contributed by atoms with Crippen molar-refractivity contribution in [2.45, 2.75) is 18.4 Å². The summed E-state index contributed by atoms with van der Waals surface area (Å²) in [5, 5.41) is 0. The van der Waals surface area contributed by atoms with Crippen molar-refractivity contribution >= 4 is 25.8 Å². The second-order valence-electron chi connectivity index (χ2n) is 3.05. The number of rotatable bonds is 0. The summed E-state index contributed by atoms with van der Waals surface area (Å²) in [6.45, 7) is 1.93. The van der Waals surface area contributed by atoms with E-state index >= 15 is 0 Å². The first kappa shape index (κ1) is 8.31. The molecule has 0 saturated carbocycles. The van der Waals surface area contributed by atoms with E-state index in [1.807, 2.05) is 6.92 Å². The second-order valence-corrected chi connectivity index (χ2v) is 5.91. The highest BCUT2D eigenvalue weighted by atomic mass is 79.9. The van der Waals surface area contributed by atoms with Gasteiger partial charge in [0.2, 0.25) is 0 Å². The Morgan fingerprint density at radius 3 is 2.67 bits per heavy atom. The van der Waals surface area contributed by atoms with Crippen molar-refractivity contribution in [3.63, 3.8) is 0 Å². The van der Waals surface area contributed by atoms with E-state index in [9.17, 15) is 8.42 Å². The van der Waals surface area contributed by atoms with Crippen molar-refractivity contribution in [3.05, 3.63) is 21.4 Å².